The van der Waals surface area contributed by atoms with Crippen molar-refractivity contribution in [2.45, 2.75) is 42.9 Å². The van der Waals surface area contributed by atoms with Crippen molar-refractivity contribution in [2.75, 3.05) is 13.2 Å². The first-order valence-electron chi connectivity index (χ1n) is 11.9. The number of piperidine rings is 1. The van der Waals surface area contributed by atoms with Crippen molar-refractivity contribution < 1.29 is 29.3 Å². The van der Waals surface area contributed by atoms with Gasteiger partial charge in [0.1, 0.15) is 29.2 Å². The minimum Gasteiger partial charge on any atom is -0.465 e. The molecular weight excluding hydrogens is 482 g/mol. The molecule has 6 N–H and O–H groups in total. The van der Waals surface area contributed by atoms with Gasteiger partial charge in [-0.25, -0.2) is 19.6 Å². The van der Waals surface area contributed by atoms with E-state index >= 15 is 0 Å². The van der Waals surface area contributed by atoms with Crippen LogP contribution in [-0.4, -0.2) is 84.6 Å². The van der Waals surface area contributed by atoms with Gasteiger partial charge in [0.25, 0.3) is 0 Å². The molecule has 13 heteroatoms. The molecular formula is C24H23N7O6. The molecule has 0 radical (unpaired) electrons. The number of rotatable bonds is 4. The van der Waals surface area contributed by atoms with Crippen LogP contribution < -0.4 is 10.6 Å². The number of hydrogen-bond acceptors (Lipinski definition) is 6. The number of nitrogens with zero attached hydrogens (tertiary/aromatic N) is 3. The van der Waals surface area contributed by atoms with Crippen LogP contribution in [-0.2, 0) is 14.9 Å². The molecule has 4 aliphatic rings. The third-order valence-electron chi connectivity index (χ3n) is 7.54. The fourth-order valence-corrected chi connectivity index (χ4v) is 5.97. The molecule has 2 saturated heterocycles. The second kappa shape index (κ2) is 8.57. The summed E-state index contributed by atoms with van der Waals surface area (Å²) in [6.07, 6.45) is 1.31. The number of amides is 3. The van der Waals surface area contributed by atoms with E-state index in [9.17, 15) is 24.6 Å². The number of hydrogen-bond donors (Lipinski definition) is 6. The lowest BCUT2D eigenvalue weighted by molar-refractivity contribution is -0.143. The number of fused-ring (bicyclic) bond motifs is 5. The Morgan fingerprint density at radius 2 is 1.68 bits per heavy atom. The first-order valence-corrected chi connectivity index (χ1v) is 11.9. The van der Waals surface area contributed by atoms with Crippen LogP contribution in [0, 0.1) is 35.5 Å². The maximum atomic E-state index is 14.9. The number of aromatic nitrogens is 4. The van der Waals surface area contributed by atoms with Crippen LogP contribution in [0.25, 0.3) is 0 Å². The van der Waals surface area contributed by atoms with Crippen LogP contribution in [0.15, 0.2) is 12.4 Å². The number of imidazole rings is 2. The molecule has 0 aromatic carbocycles. The minimum atomic E-state index is -1.64. The van der Waals surface area contributed by atoms with Gasteiger partial charge in [-0.2, -0.15) is 0 Å². The van der Waals surface area contributed by atoms with Crippen LogP contribution in [0.5, 0.6) is 0 Å². The van der Waals surface area contributed by atoms with Crippen molar-refractivity contribution in [3.8, 4) is 23.7 Å². The van der Waals surface area contributed by atoms with E-state index in [2.05, 4.69) is 54.3 Å². The summed E-state index contributed by atoms with van der Waals surface area (Å²) in [4.78, 5) is 55.3. The predicted molar refractivity (Wildman–Crippen MR) is 124 cm³/mol. The Bertz CT molecular complexity index is 1350. The van der Waals surface area contributed by atoms with E-state index in [-0.39, 0.29) is 36.8 Å². The number of H-pyrrole nitrogens is 2. The number of carboxylic acid groups (broad SMARTS) is 2. The number of nitrogens with one attached hydrogen (secondary N) is 4. The molecule has 1 aliphatic carbocycles. The van der Waals surface area contributed by atoms with Crippen molar-refractivity contribution in [3.05, 3.63) is 35.4 Å². The molecule has 5 heterocycles. The van der Waals surface area contributed by atoms with Gasteiger partial charge in [-0.3, -0.25) is 4.79 Å². The summed E-state index contributed by atoms with van der Waals surface area (Å²) in [6, 6.07) is -0.934. The van der Waals surface area contributed by atoms with Crippen molar-refractivity contribution in [2.24, 2.45) is 11.8 Å². The fourth-order valence-electron chi connectivity index (χ4n) is 5.97. The highest BCUT2D eigenvalue weighted by Crippen LogP contribution is 2.51. The number of carbonyl (C=O) groups is 3. The van der Waals surface area contributed by atoms with Gasteiger partial charge in [-0.1, -0.05) is 0 Å². The highest BCUT2D eigenvalue weighted by atomic mass is 16.5. The smallest absolute Gasteiger partial charge is 0.406 e. The zero-order valence-electron chi connectivity index (χ0n) is 19.4. The maximum Gasteiger partial charge on any atom is 0.406 e. The number of ether oxygens (including phenoxy) is 1. The minimum absolute atomic E-state index is 0.0373. The van der Waals surface area contributed by atoms with Gasteiger partial charge < -0.3 is 40.5 Å². The summed E-state index contributed by atoms with van der Waals surface area (Å²) in [5, 5.41) is 24.1. The average Bonchev–Trinajstić information content (AvgIpc) is 3.20. The van der Waals surface area contributed by atoms with Crippen LogP contribution in [0.4, 0.5) is 9.59 Å². The first kappa shape index (κ1) is 22.9. The fraction of sp³-hybridized carbons (Fsp3) is 0.458. The van der Waals surface area contributed by atoms with Gasteiger partial charge in [-0.15, -0.1) is 0 Å². The first-order chi connectivity index (χ1) is 17.9. The summed E-state index contributed by atoms with van der Waals surface area (Å²) in [7, 11) is 0. The topological polar surface area (TPSA) is 186 Å². The summed E-state index contributed by atoms with van der Waals surface area (Å²) >= 11 is 0. The van der Waals surface area contributed by atoms with Crippen LogP contribution in [0.3, 0.4) is 0 Å². The van der Waals surface area contributed by atoms with Gasteiger partial charge in [-0.05, 0) is 48.9 Å². The van der Waals surface area contributed by atoms with E-state index in [4.69, 9.17) is 4.74 Å². The molecule has 1 saturated carbocycles. The molecule has 4 bridgehead atoms. The molecule has 190 valence electrons. The second-order valence-corrected chi connectivity index (χ2v) is 9.60. The maximum absolute atomic E-state index is 14.9. The molecule has 3 amide bonds. The molecule has 5 atom stereocenters. The Morgan fingerprint density at radius 1 is 1.03 bits per heavy atom. The van der Waals surface area contributed by atoms with E-state index < -0.39 is 41.6 Å². The monoisotopic (exact) mass is 505 g/mol. The highest BCUT2D eigenvalue weighted by Gasteiger charge is 2.64. The Hall–Kier alpha value is -4.49. The van der Waals surface area contributed by atoms with Gasteiger partial charge in [0.15, 0.2) is 5.41 Å². The molecule has 6 rings (SSSR count). The zero-order chi connectivity index (χ0) is 25.7. The Labute approximate surface area is 210 Å². The van der Waals surface area contributed by atoms with E-state index in [1.54, 1.807) is 4.90 Å². The Morgan fingerprint density at radius 3 is 2.30 bits per heavy atom. The second-order valence-electron chi connectivity index (χ2n) is 9.60. The lowest BCUT2D eigenvalue weighted by atomic mass is 9.67. The third-order valence-corrected chi connectivity index (χ3v) is 7.54. The van der Waals surface area contributed by atoms with E-state index in [0.29, 0.717) is 24.2 Å². The summed E-state index contributed by atoms with van der Waals surface area (Å²) in [6.45, 7) is 0.316. The summed E-state index contributed by atoms with van der Waals surface area (Å²) < 4.78 is 5.60. The normalized spacial score (nSPS) is 28.3. The molecule has 13 nitrogen and oxygen atoms in total. The van der Waals surface area contributed by atoms with Crippen LogP contribution in [0.1, 0.15) is 42.3 Å². The number of likely N-dealkylation sites (tertiary alicyclic amines) is 1. The van der Waals surface area contributed by atoms with Crippen molar-refractivity contribution in [3.63, 3.8) is 0 Å². The summed E-state index contributed by atoms with van der Waals surface area (Å²) in [5.74, 6) is 10.7. The Balaban J connectivity index is 1.58. The van der Waals surface area contributed by atoms with Gasteiger partial charge in [0.2, 0.25) is 5.91 Å². The molecule has 3 fully saturated rings. The number of carbonyl (C=O) groups excluding carboxylic acids is 1. The molecule has 2 aromatic heterocycles. The lowest BCUT2D eigenvalue weighted by Gasteiger charge is -2.45. The summed E-state index contributed by atoms with van der Waals surface area (Å²) in [5.41, 5.74) is -0.791. The molecule has 2 unspecified atom stereocenters. The standard InChI is InChI=1S/C24H23N7O6/c32-21(31-17-7-12(17)8-18(31)30-23(35)36)24(15-5-6-37-11-16(15)29-22(33)34)19-25-9-13(27-19)3-1-2-4-14-10-26-20(24)28-14/h9-10,12,15-18,29-30H,5-8,11H2,(H,25,27)(H,26,28)(H,33,34)(H,35,36)/t12-,15-,16?,17?,18+/m1/s1. The molecule has 37 heavy (non-hydrogen) atoms. The quantitative estimate of drug-likeness (QED) is 0.314. The molecule has 2 aromatic rings. The van der Waals surface area contributed by atoms with Gasteiger partial charge >= 0.3 is 12.2 Å². The molecule has 3 aliphatic heterocycles. The SMILES string of the molecule is O=C(O)NC1COCC[C@H]1C1(C(=O)N2C3C[C@@H]3C[C@H]2NC(=O)O)c2ncc([nH]2)C#CC#Cc2cnc1[nH]2. The van der Waals surface area contributed by atoms with E-state index in [1.807, 2.05) is 0 Å². The largest absolute Gasteiger partial charge is 0.465 e. The number of aromatic amines is 2. The van der Waals surface area contributed by atoms with E-state index in [0.717, 1.165) is 6.42 Å². The zero-order valence-corrected chi connectivity index (χ0v) is 19.4. The Kier molecular flexibility index (Phi) is 5.31. The van der Waals surface area contributed by atoms with Crippen molar-refractivity contribution in [1.82, 2.24) is 35.5 Å². The van der Waals surface area contributed by atoms with Crippen LogP contribution in [0.2, 0.25) is 0 Å². The predicted octanol–water partition coefficient (Wildman–Crippen LogP) is 0.0227. The van der Waals surface area contributed by atoms with Crippen molar-refractivity contribution in [1.29, 1.82) is 0 Å². The van der Waals surface area contributed by atoms with Crippen LogP contribution >= 0.6 is 0 Å². The third kappa shape index (κ3) is 3.75. The van der Waals surface area contributed by atoms with Gasteiger partial charge in [0, 0.05) is 18.6 Å². The molecule has 0 spiro atoms. The lowest BCUT2D eigenvalue weighted by Crippen LogP contribution is -2.63. The van der Waals surface area contributed by atoms with Gasteiger partial charge in [0.05, 0.1) is 25.0 Å². The average molecular weight is 505 g/mol. The van der Waals surface area contributed by atoms with Crippen molar-refractivity contribution >= 4 is 18.1 Å². The van der Waals surface area contributed by atoms with E-state index in [1.165, 1.54) is 12.4 Å². The highest BCUT2D eigenvalue weighted by molar-refractivity contribution is 5.92.